The van der Waals surface area contributed by atoms with Gasteiger partial charge in [0.2, 0.25) is 11.8 Å². The SMILES string of the molecule is C=C(c1ccc(F)cc1)c1cnc(N2CCC(CNC(=O)c3ccc(-c4nc5cc(C#N)cc(C(C)C)c5o4)cc3)CC2)nc1. The summed E-state index contributed by atoms with van der Waals surface area (Å²) in [5, 5.41) is 12.5. The van der Waals surface area contributed by atoms with E-state index in [2.05, 4.69) is 51.7 Å². The molecule has 5 aromatic rings. The molecule has 8 nitrogen and oxygen atoms in total. The van der Waals surface area contributed by atoms with Gasteiger partial charge in [0.05, 0.1) is 11.6 Å². The maximum Gasteiger partial charge on any atom is 0.251 e. The minimum atomic E-state index is -0.287. The average molecular weight is 601 g/mol. The number of amides is 1. The summed E-state index contributed by atoms with van der Waals surface area (Å²) in [6, 6.07) is 19.2. The fourth-order valence-corrected chi connectivity index (χ4v) is 5.57. The van der Waals surface area contributed by atoms with E-state index in [0.717, 1.165) is 53.8 Å². The van der Waals surface area contributed by atoms with Crippen LogP contribution in [0.25, 0.3) is 28.1 Å². The Kier molecular flexibility index (Phi) is 8.39. The minimum absolute atomic E-state index is 0.123. The molecule has 0 saturated carbocycles. The van der Waals surface area contributed by atoms with Crippen molar-refractivity contribution >= 4 is 28.5 Å². The third-order valence-electron chi connectivity index (χ3n) is 8.29. The van der Waals surface area contributed by atoms with Gasteiger partial charge in [0.15, 0.2) is 5.58 Å². The molecule has 45 heavy (non-hydrogen) atoms. The Labute approximate surface area is 261 Å². The van der Waals surface area contributed by atoms with Gasteiger partial charge >= 0.3 is 0 Å². The topological polar surface area (TPSA) is 108 Å². The van der Waals surface area contributed by atoms with Crippen LogP contribution in [0.3, 0.4) is 0 Å². The van der Waals surface area contributed by atoms with E-state index >= 15 is 0 Å². The number of nitriles is 1. The summed E-state index contributed by atoms with van der Waals surface area (Å²) in [6.07, 6.45) is 5.33. The monoisotopic (exact) mass is 600 g/mol. The molecule has 2 aromatic heterocycles. The summed E-state index contributed by atoms with van der Waals surface area (Å²) in [7, 11) is 0. The lowest BCUT2D eigenvalue weighted by Crippen LogP contribution is -2.39. The van der Waals surface area contributed by atoms with Crippen LogP contribution in [-0.2, 0) is 0 Å². The van der Waals surface area contributed by atoms with Gasteiger partial charge in [0.1, 0.15) is 11.3 Å². The molecule has 0 aliphatic carbocycles. The predicted octanol–water partition coefficient (Wildman–Crippen LogP) is 7.13. The number of benzene rings is 3. The van der Waals surface area contributed by atoms with Crippen molar-refractivity contribution in [2.45, 2.75) is 32.6 Å². The summed E-state index contributed by atoms with van der Waals surface area (Å²) in [6.45, 7) is 10.4. The first-order chi connectivity index (χ1) is 21.8. The maximum absolute atomic E-state index is 13.3. The minimum Gasteiger partial charge on any atom is -0.436 e. The molecule has 1 fully saturated rings. The number of carbonyl (C=O) groups is 1. The number of fused-ring (bicyclic) bond motifs is 1. The van der Waals surface area contributed by atoms with E-state index < -0.39 is 0 Å². The fraction of sp³-hybridized carbons (Fsp3) is 0.250. The Morgan fingerprint density at radius 2 is 1.71 bits per heavy atom. The van der Waals surface area contributed by atoms with E-state index in [1.54, 1.807) is 42.7 Å². The van der Waals surface area contributed by atoms with Gasteiger partial charge in [-0.3, -0.25) is 4.79 Å². The smallest absolute Gasteiger partial charge is 0.251 e. The van der Waals surface area contributed by atoms with E-state index in [1.807, 2.05) is 18.2 Å². The zero-order chi connectivity index (χ0) is 31.5. The molecule has 0 spiro atoms. The van der Waals surface area contributed by atoms with Crippen LogP contribution in [-0.4, -0.2) is 40.5 Å². The van der Waals surface area contributed by atoms with Crippen LogP contribution in [0, 0.1) is 23.1 Å². The van der Waals surface area contributed by atoms with Gasteiger partial charge < -0.3 is 14.6 Å². The van der Waals surface area contributed by atoms with Crippen molar-refractivity contribution in [1.82, 2.24) is 20.3 Å². The summed E-state index contributed by atoms with van der Waals surface area (Å²) >= 11 is 0. The maximum atomic E-state index is 13.3. The zero-order valence-electron chi connectivity index (χ0n) is 25.3. The summed E-state index contributed by atoms with van der Waals surface area (Å²) < 4.78 is 19.4. The average Bonchev–Trinajstić information content (AvgIpc) is 3.51. The molecule has 1 aliphatic heterocycles. The van der Waals surface area contributed by atoms with Gasteiger partial charge in [-0.05, 0) is 84.3 Å². The fourth-order valence-electron chi connectivity index (χ4n) is 5.57. The van der Waals surface area contributed by atoms with Crippen LogP contribution in [0.4, 0.5) is 10.3 Å². The van der Waals surface area contributed by atoms with Crippen molar-refractivity contribution in [2.24, 2.45) is 5.92 Å². The van der Waals surface area contributed by atoms with E-state index in [4.69, 9.17) is 4.42 Å². The summed E-state index contributed by atoms with van der Waals surface area (Å²) in [4.78, 5) is 28.8. The first-order valence-electron chi connectivity index (χ1n) is 15.0. The zero-order valence-corrected chi connectivity index (χ0v) is 25.3. The molecular formula is C36H33FN6O2. The summed E-state index contributed by atoms with van der Waals surface area (Å²) in [5.74, 6) is 1.25. The van der Waals surface area contributed by atoms with Gasteiger partial charge in [-0.25, -0.2) is 19.3 Å². The molecule has 1 amide bonds. The highest BCUT2D eigenvalue weighted by atomic mass is 19.1. The Hall–Kier alpha value is -5.36. The Balaban J connectivity index is 1.01. The molecule has 1 N–H and O–H groups in total. The van der Waals surface area contributed by atoms with Crippen LogP contribution in [0.5, 0.6) is 0 Å². The first kappa shape index (κ1) is 29.7. The highest BCUT2D eigenvalue weighted by molar-refractivity contribution is 5.94. The van der Waals surface area contributed by atoms with Gasteiger partial charge in [-0.1, -0.05) is 32.6 Å². The van der Waals surface area contributed by atoms with Gasteiger partial charge in [-0.2, -0.15) is 5.26 Å². The van der Waals surface area contributed by atoms with Crippen molar-refractivity contribution in [3.8, 4) is 17.5 Å². The number of oxazole rings is 1. The van der Waals surface area contributed by atoms with Crippen LogP contribution in [0.2, 0.25) is 0 Å². The normalized spacial score (nSPS) is 13.6. The number of nitrogens with one attached hydrogen (secondary N) is 1. The second kappa shape index (κ2) is 12.7. The lowest BCUT2D eigenvalue weighted by atomic mass is 9.97. The van der Waals surface area contributed by atoms with Crippen molar-refractivity contribution < 1.29 is 13.6 Å². The Bertz CT molecular complexity index is 1880. The van der Waals surface area contributed by atoms with E-state index in [1.165, 1.54) is 12.1 Å². The molecule has 0 bridgehead atoms. The standard InChI is InChI=1S/C36H33FN6O2/c1-22(2)31-16-25(18-38)17-32-33(31)45-35(42-32)28-6-4-27(5-7-28)34(44)39-19-24-12-14-43(15-13-24)36-40-20-29(21-41-36)23(3)26-8-10-30(37)11-9-26/h4-11,16-17,20-22,24H,3,12-15,19H2,1-2H3,(H,39,44). The molecule has 0 unspecified atom stereocenters. The van der Waals surface area contributed by atoms with Crippen LogP contribution in [0.1, 0.15) is 65.2 Å². The number of carbonyl (C=O) groups excluding carboxylic acids is 1. The quantitative estimate of drug-likeness (QED) is 0.202. The number of anilines is 1. The molecule has 1 aliphatic rings. The van der Waals surface area contributed by atoms with E-state index in [0.29, 0.717) is 46.5 Å². The lowest BCUT2D eigenvalue weighted by molar-refractivity contribution is 0.0945. The summed E-state index contributed by atoms with van der Waals surface area (Å²) in [5.41, 5.74) is 6.52. The number of rotatable bonds is 8. The highest BCUT2D eigenvalue weighted by Crippen LogP contribution is 2.31. The van der Waals surface area contributed by atoms with E-state index in [-0.39, 0.29) is 17.6 Å². The molecule has 3 aromatic carbocycles. The van der Waals surface area contributed by atoms with Gasteiger partial charge in [0.25, 0.3) is 5.91 Å². The van der Waals surface area contributed by atoms with E-state index in [9.17, 15) is 14.4 Å². The lowest BCUT2D eigenvalue weighted by Gasteiger charge is -2.32. The van der Waals surface area contributed by atoms with Gasteiger partial charge in [-0.15, -0.1) is 0 Å². The Morgan fingerprint density at radius 1 is 1.04 bits per heavy atom. The van der Waals surface area contributed by atoms with Crippen LogP contribution in [0.15, 0.2) is 84.1 Å². The molecule has 0 radical (unpaired) electrons. The van der Waals surface area contributed by atoms with Crippen LogP contribution < -0.4 is 10.2 Å². The molecular weight excluding hydrogens is 567 g/mol. The molecule has 3 heterocycles. The van der Waals surface area contributed by atoms with Crippen molar-refractivity contribution in [1.29, 1.82) is 5.26 Å². The number of hydrogen-bond acceptors (Lipinski definition) is 7. The second-order valence-corrected chi connectivity index (χ2v) is 11.7. The van der Waals surface area contributed by atoms with Gasteiger partial charge in [0, 0.05) is 54.3 Å². The van der Waals surface area contributed by atoms with Crippen molar-refractivity contribution in [3.63, 3.8) is 0 Å². The molecule has 9 heteroatoms. The Morgan fingerprint density at radius 3 is 2.36 bits per heavy atom. The largest absolute Gasteiger partial charge is 0.436 e. The number of piperidine rings is 1. The van der Waals surface area contributed by atoms with Crippen molar-refractivity contribution in [3.05, 3.63) is 113 Å². The first-order valence-corrected chi connectivity index (χ1v) is 15.0. The molecule has 226 valence electrons. The number of nitrogens with zero attached hydrogens (tertiary/aromatic N) is 5. The third kappa shape index (κ3) is 6.46. The molecule has 6 rings (SSSR count). The number of hydrogen-bond donors (Lipinski definition) is 1. The highest BCUT2D eigenvalue weighted by Gasteiger charge is 2.22. The number of halogens is 1. The van der Waals surface area contributed by atoms with Crippen LogP contribution >= 0.6 is 0 Å². The predicted molar refractivity (Wildman–Crippen MR) is 172 cm³/mol. The second-order valence-electron chi connectivity index (χ2n) is 11.7. The number of aromatic nitrogens is 3. The van der Waals surface area contributed by atoms with Crippen molar-refractivity contribution in [2.75, 3.05) is 24.5 Å². The molecule has 1 saturated heterocycles. The molecule has 0 atom stereocenters. The third-order valence-corrected chi connectivity index (χ3v) is 8.29.